The van der Waals surface area contributed by atoms with Crippen LogP contribution in [0.15, 0.2) is 36.4 Å². The first-order valence-electron chi connectivity index (χ1n) is 8.54. The van der Waals surface area contributed by atoms with Gasteiger partial charge in [-0.15, -0.1) is 0 Å². The molecule has 132 valence electrons. The summed E-state index contributed by atoms with van der Waals surface area (Å²) in [5.41, 5.74) is 3.20. The van der Waals surface area contributed by atoms with Gasteiger partial charge in [-0.3, -0.25) is 0 Å². The third-order valence-electron chi connectivity index (χ3n) is 4.40. The van der Waals surface area contributed by atoms with Gasteiger partial charge in [0.05, 0.1) is 23.9 Å². The van der Waals surface area contributed by atoms with Crippen LogP contribution in [0, 0.1) is 0 Å². The summed E-state index contributed by atoms with van der Waals surface area (Å²) >= 11 is 6.48. The van der Waals surface area contributed by atoms with Crippen molar-refractivity contribution in [3.63, 3.8) is 0 Å². The van der Waals surface area contributed by atoms with Crippen molar-refractivity contribution in [1.82, 2.24) is 0 Å². The Balaban J connectivity index is 1.42. The highest BCUT2D eigenvalue weighted by Gasteiger charge is 2.15. The van der Waals surface area contributed by atoms with E-state index in [1.807, 2.05) is 24.3 Å². The Hall–Kier alpha value is -2.11. The molecular formula is C19H21ClN2O3. The van der Waals surface area contributed by atoms with Crippen LogP contribution in [-0.2, 0) is 11.3 Å². The van der Waals surface area contributed by atoms with E-state index in [0.717, 1.165) is 59.8 Å². The Bertz CT molecular complexity index is 747. The standard InChI is InChI=1S/C19H21ClN2O3/c20-16-12-15(2-3-17(16)22-5-7-23-8-6-22)21-13-14-1-4-18-19(11-14)25-10-9-24-18/h1-4,11-12,21H,5-10,13H2. The number of fused-ring (bicyclic) bond motifs is 1. The smallest absolute Gasteiger partial charge is 0.161 e. The van der Waals surface area contributed by atoms with Crippen molar-refractivity contribution >= 4 is 23.0 Å². The molecule has 2 aromatic carbocycles. The van der Waals surface area contributed by atoms with Gasteiger partial charge in [0, 0.05) is 25.3 Å². The van der Waals surface area contributed by atoms with Crippen LogP contribution in [0.3, 0.4) is 0 Å². The highest BCUT2D eigenvalue weighted by Crippen LogP contribution is 2.32. The molecule has 0 unspecified atom stereocenters. The molecule has 2 aliphatic heterocycles. The van der Waals surface area contributed by atoms with Crippen LogP contribution in [0.5, 0.6) is 11.5 Å². The lowest BCUT2D eigenvalue weighted by atomic mass is 10.2. The van der Waals surface area contributed by atoms with Crippen molar-refractivity contribution in [2.24, 2.45) is 0 Å². The molecule has 2 aliphatic rings. The van der Waals surface area contributed by atoms with Crippen LogP contribution in [0.1, 0.15) is 5.56 Å². The maximum atomic E-state index is 6.48. The maximum Gasteiger partial charge on any atom is 0.161 e. The maximum absolute atomic E-state index is 6.48. The fourth-order valence-corrected chi connectivity index (χ4v) is 3.38. The van der Waals surface area contributed by atoms with Crippen molar-refractivity contribution in [3.8, 4) is 11.5 Å². The second-order valence-corrected chi connectivity index (χ2v) is 6.50. The first-order chi connectivity index (χ1) is 12.3. The predicted molar refractivity (Wildman–Crippen MR) is 99.2 cm³/mol. The molecule has 5 nitrogen and oxygen atoms in total. The van der Waals surface area contributed by atoms with Crippen LogP contribution >= 0.6 is 11.6 Å². The lowest BCUT2D eigenvalue weighted by molar-refractivity contribution is 0.122. The lowest BCUT2D eigenvalue weighted by Gasteiger charge is -2.29. The van der Waals surface area contributed by atoms with Gasteiger partial charge in [0.15, 0.2) is 11.5 Å². The molecule has 1 N–H and O–H groups in total. The molecule has 0 atom stereocenters. The van der Waals surface area contributed by atoms with Gasteiger partial charge in [-0.25, -0.2) is 0 Å². The summed E-state index contributed by atoms with van der Waals surface area (Å²) in [6, 6.07) is 12.1. The fourth-order valence-electron chi connectivity index (χ4n) is 3.08. The van der Waals surface area contributed by atoms with E-state index in [9.17, 15) is 0 Å². The van der Waals surface area contributed by atoms with Crippen LogP contribution in [0.4, 0.5) is 11.4 Å². The third-order valence-corrected chi connectivity index (χ3v) is 4.71. The number of halogens is 1. The summed E-state index contributed by atoms with van der Waals surface area (Å²) in [7, 11) is 0. The van der Waals surface area contributed by atoms with E-state index in [1.54, 1.807) is 0 Å². The number of ether oxygens (including phenoxy) is 3. The molecule has 1 saturated heterocycles. The van der Waals surface area contributed by atoms with Crippen molar-refractivity contribution in [1.29, 1.82) is 0 Å². The van der Waals surface area contributed by atoms with Gasteiger partial charge in [-0.2, -0.15) is 0 Å². The molecule has 1 fully saturated rings. The highest BCUT2D eigenvalue weighted by atomic mass is 35.5. The number of anilines is 2. The predicted octanol–water partition coefficient (Wildman–Crippen LogP) is 3.56. The number of hydrogen-bond acceptors (Lipinski definition) is 5. The molecule has 0 spiro atoms. The zero-order chi connectivity index (χ0) is 17.1. The molecule has 6 heteroatoms. The van der Waals surface area contributed by atoms with Crippen molar-refractivity contribution in [3.05, 3.63) is 47.0 Å². The van der Waals surface area contributed by atoms with Gasteiger partial charge < -0.3 is 24.4 Å². The van der Waals surface area contributed by atoms with E-state index in [0.29, 0.717) is 19.8 Å². The molecular weight excluding hydrogens is 340 g/mol. The summed E-state index contributed by atoms with van der Waals surface area (Å²) in [6.45, 7) is 5.17. The summed E-state index contributed by atoms with van der Waals surface area (Å²) in [6.07, 6.45) is 0. The average molecular weight is 361 g/mol. The van der Waals surface area contributed by atoms with Gasteiger partial charge in [-0.05, 0) is 35.9 Å². The van der Waals surface area contributed by atoms with E-state index in [-0.39, 0.29) is 0 Å². The zero-order valence-electron chi connectivity index (χ0n) is 14.0. The largest absolute Gasteiger partial charge is 0.486 e. The number of nitrogens with one attached hydrogen (secondary N) is 1. The van der Waals surface area contributed by atoms with E-state index >= 15 is 0 Å². The zero-order valence-corrected chi connectivity index (χ0v) is 14.7. The number of nitrogens with zero attached hydrogens (tertiary/aromatic N) is 1. The first kappa shape index (κ1) is 16.4. The van der Waals surface area contributed by atoms with Crippen molar-refractivity contribution in [2.75, 3.05) is 49.7 Å². The monoisotopic (exact) mass is 360 g/mol. The number of morpholine rings is 1. The second-order valence-electron chi connectivity index (χ2n) is 6.10. The minimum Gasteiger partial charge on any atom is -0.486 e. The Morgan fingerprint density at radius 2 is 1.72 bits per heavy atom. The SMILES string of the molecule is Clc1cc(NCc2ccc3c(c2)OCCO3)ccc1N1CCOCC1. The minimum absolute atomic E-state index is 0.600. The Kier molecular flexibility index (Phi) is 4.85. The third kappa shape index (κ3) is 3.78. The van der Waals surface area contributed by atoms with E-state index in [4.69, 9.17) is 25.8 Å². The van der Waals surface area contributed by atoms with Crippen molar-refractivity contribution < 1.29 is 14.2 Å². The normalized spacial score (nSPS) is 16.6. The van der Waals surface area contributed by atoms with Gasteiger partial charge in [0.2, 0.25) is 0 Å². The number of hydrogen-bond donors (Lipinski definition) is 1. The van der Waals surface area contributed by atoms with E-state index in [2.05, 4.69) is 22.3 Å². The summed E-state index contributed by atoms with van der Waals surface area (Å²) < 4.78 is 16.6. The average Bonchev–Trinajstić information content (AvgIpc) is 2.67. The number of benzene rings is 2. The van der Waals surface area contributed by atoms with Crippen molar-refractivity contribution in [2.45, 2.75) is 6.54 Å². The minimum atomic E-state index is 0.600. The lowest BCUT2D eigenvalue weighted by Crippen LogP contribution is -2.36. The molecule has 25 heavy (non-hydrogen) atoms. The molecule has 0 saturated carbocycles. The molecule has 0 aromatic heterocycles. The molecule has 0 bridgehead atoms. The summed E-state index contributed by atoms with van der Waals surface area (Å²) in [5.74, 6) is 1.62. The molecule has 0 radical (unpaired) electrons. The number of rotatable bonds is 4. The Morgan fingerprint density at radius 1 is 0.920 bits per heavy atom. The Labute approximate surface area is 152 Å². The summed E-state index contributed by atoms with van der Waals surface area (Å²) in [5, 5.41) is 4.17. The topological polar surface area (TPSA) is 43.0 Å². The van der Waals surface area contributed by atoms with Crippen LogP contribution in [-0.4, -0.2) is 39.5 Å². The van der Waals surface area contributed by atoms with Crippen LogP contribution in [0.25, 0.3) is 0 Å². The van der Waals surface area contributed by atoms with Gasteiger partial charge in [0.25, 0.3) is 0 Å². The quantitative estimate of drug-likeness (QED) is 0.903. The molecule has 2 aromatic rings. The summed E-state index contributed by atoms with van der Waals surface area (Å²) in [4.78, 5) is 2.26. The van der Waals surface area contributed by atoms with E-state index < -0.39 is 0 Å². The van der Waals surface area contributed by atoms with Crippen LogP contribution in [0.2, 0.25) is 5.02 Å². The van der Waals surface area contributed by atoms with Gasteiger partial charge in [-0.1, -0.05) is 17.7 Å². The van der Waals surface area contributed by atoms with Gasteiger partial charge in [0.1, 0.15) is 13.2 Å². The second kappa shape index (κ2) is 7.42. The molecule has 2 heterocycles. The van der Waals surface area contributed by atoms with E-state index in [1.165, 1.54) is 0 Å². The molecule has 0 aliphatic carbocycles. The first-order valence-corrected chi connectivity index (χ1v) is 8.92. The highest BCUT2D eigenvalue weighted by molar-refractivity contribution is 6.33. The molecule has 0 amide bonds. The Morgan fingerprint density at radius 3 is 2.52 bits per heavy atom. The van der Waals surface area contributed by atoms with Crippen LogP contribution < -0.4 is 19.7 Å². The molecule has 4 rings (SSSR count). The van der Waals surface area contributed by atoms with Gasteiger partial charge >= 0.3 is 0 Å². The fraction of sp³-hybridized carbons (Fsp3) is 0.368.